The quantitative estimate of drug-likeness (QED) is 0.652. The molecule has 1 rings (SSSR count). The Balaban J connectivity index is 2.57. The van der Waals surface area contributed by atoms with Crippen molar-refractivity contribution in [3.63, 3.8) is 0 Å². The molecular formula is C10H11ClO. The molecule has 1 aromatic rings. The van der Waals surface area contributed by atoms with E-state index >= 15 is 0 Å². The van der Waals surface area contributed by atoms with Gasteiger partial charge < -0.3 is 4.74 Å². The van der Waals surface area contributed by atoms with Gasteiger partial charge in [0.2, 0.25) is 0 Å². The van der Waals surface area contributed by atoms with Gasteiger partial charge in [-0.3, -0.25) is 0 Å². The standard InChI is InChI=1S/C10H11ClO/c1-8(2)7-12-10-5-3-4-9(11)6-10/h3-6H,1,7H2,2H3. The summed E-state index contributed by atoms with van der Waals surface area (Å²) in [6, 6.07) is 7.32. The molecule has 0 aromatic heterocycles. The molecule has 0 radical (unpaired) electrons. The van der Waals surface area contributed by atoms with Gasteiger partial charge in [0.25, 0.3) is 0 Å². The highest BCUT2D eigenvalue weighted by Crippen LogP contribution is 2.17. The number of rotatable bonds is 3. The van der Waals surface area contributed by atoms with E-state index in [-0.39, 0.29) is 0 Å². The molecule has 0 N–H and O–H groups in total. The first-order chi connectivity index (χ1) is 5.68. The Hall–Kier alpha value is -0.950. The van der Waals surface area contributed by atoms with Gasteiger partial charge in [-0.05, 0) is 30.7 Å². The summed E-state index contributed by atoms with van der Waals surface area (Å²) >= 11 is 5.76. The molecule has 1 aromatic carbocycles. The van der Waals surface area contributed by atoms with Gasteiger partial charge in [0, 0.05) is 5.02 Å². The van der Waals surface area contributed by atoms with Gasteiger partial charge in [0.1, 0.15) is 12.4 Å². The fraction of sp³-hybridized carbons (Fsp3) is 0.200. The maximum Gasteiger partial charge on any atom is 0.121 e. The van der Waals surface area contributed by atoms with Crippen LogP contribution in [0.1, 0.15) is 6.92 Å². The first kappa shape index (κ1) is 9.14. The Morgan fingerprint density at radius 1 is 1.58 bits per heavy atom. The summed E-state index contributed by atoms with van der Waals surface area (Å²) in [6.45, 7) is 6.20. The normalized spacial score (nSPS) is 9.50. The topological polar surface area (TPSA) is 9.23 Å². The van der Waals surface area contributed by atoms with Gasteiger partial charge in [-0.25, -0.2) is 0 Å². The molecule has 64 valence electrons. The van der Waals surface area contributed by atoms with Gasteiger partial charge in [-0.15, -0.1) is 0 Å². The van der Waals surface area contributed by atoms with Crippen LogP contribution in [0.3, 0.4) is 0 Å². The van der Waals surface area contributed by atoms with Crippen LogP contribution >= 0.6 is 11.6 Å². The minimum absolute atomic E-state index is 0.542. The van der Waals surface area contributed by atoms with Crippen LogP contribution in [0.15, 0.2) is 36.4 Å². The Labute approximate surface area is 77.6 Å². The van der Waals surface area contributed by atoms with Crippen LogP contribution in [0.5, 0.6) is 5.75 Å². The summed E-state index contributed by atoms with van der Waals surface area (Å²) in [7, 11) is 0. The van der Waals surface area contributed by atoms with Gasteiger partial charge in [0.15, 0.2) is 0 Å². The van der Waals surface area contributed by atoms with Crippen LogP contribution in [0.25, 0.3) is 0 Å². The maximum atomic E-state index is 5.76. The Kier molecular flexibility index (Phi) is 3.18. The average molecular weight is 183 g/mol. The molecule has 0 spiro atoms. The zero-order chi connectivity index (χ0) is 8.97. The first-order valence-corrected chi connectivity index (χ1v) is 4.09. The lowest BCUT2D eigenvalue weighted by Crippen LogP contribution is -1.96. The van der Waals surface area contributed by atoms with Crippen LogP contribution < -0.4 is 4.74 Å². The molecule has 0 saturated heterocycles. The summed E-state index contributed by atoms with van der Waals surface area (Å²) in [5.74, 6) is 0.783. The molecule has 0 saturated carbocycles. The van der Waals surface area contributed by atoms with E-state index in [0.29, 0.717) is 11.6 Å². The number of hydrogen-bond acceptors (Lipinski definition) is 1. The third-order valence-corrected chi connectivity index (χ3v) is 1.52. The van der Waals surface area contributed by atoms with Crippen molar-refractivity contribution in [1.82, 2.24) is 0 Å². The highest BCUT2D eigenvalue weighted by atomic mass is 35.5. The van der Waals surface area contributed by atoms with Crippen LogP contribution in [-0.2, 0) is 0 Å². The van der Waals surface area contributed by atoms with Crippen LogP contribution in [-0.4, -0.2) is 6.61 Å². The molecule has 2 heteroatoms. The van der Waals surface area contributed by atoms with E-state index in [4.69, 9.17) is 16.3 Å². The van der Waals surface area contributed by atoms with Crippen molar-refractivity contribution in [1.29, 1.82) is 0 Å². The molecule has 0 aliphatic rings. The largest absolute Gasteiger partial charge is 0.489 e. The van der Waals surface area contributed by atoms with E-state index in [2.05, 4.69) is 6.58 Å². The molecule has 0 fully saturated rings. The minimum Gasteiger partial charge on any atom is -0.489 e. The molecule has 1 nitrogen and oxygen atoms in total. The summed E-state index contributed by atoms with van der Waals surface area (Å²) in [4.78, 5) is 0. The number of hydrogen-bond donors (Lipinski definition) is 0. The molecule has 0 atom stereocenters. The van der Waals surface area contributed by atoms with E-state index in [1.54, 1.807) is 6.07 Å². The predicted molar refractivity (Wildman–Crippen MR) is 51.8 cm³/mol. The highest BCUT2D eigenvalue weighted by Gasteiger charge is 1.93. The lowest BCUT2D eigenvalue weighted by molar-refractivity contribution is 0.353. The lowest BCUT2D eigenvalue weighted by atomic mass is 10.3. The third kappa shape index (κ3) is 2.97. The molecule has 0 aliphatic carbocycles. The number of halogens is 1. The van der Waals surface area contributed by atoms with E-state index in [1.807, 2.05) is 25.1 Å². The van der Waals surface area contributed by atoms with Gasteiger partial charge in [0.05, 0.1) is 0 Å². The van der Waals surface area contributed by atoms with Crippen LogP contribution in [0.4, 0.5) is 0 Å². The predicted octanol–water partition coefficient (Wildman–Crippen LogP) is 3.29. The first-order valence-electron chi connectivity index (χ1n) is 3.71. The fourth-order valence-corrected chi connectivity index (χ4v) is 0.944. The van der Waals surface area contributed by atoms with Crippen LogP contribution in [0.2, 0.25) is 5.02 Å². The molecule has 12 heavy (non-hydrogen) atoms. The van der Waals surface area contributed by atoms with Crippen molar-refractivity contribution in [2.75, 3.05) is 6.61 Å². The molecular weight excluding hydrogens is 172 g/mol. The summed E-state index contributed by atoms with van der Waals surface area (Å²) in [5, 5.41) is 0.689. The Morgan fingerprint density at radius 2 is 2.33 bits per heavy atom. The van der Waals surface area contributed by atoms with Crippen molar-refractivity contribution in [2.45, 2.75) is 6.92 Å². The van der Waals surface area contributed by atoms with E-state index in [9.17, 15) is 0 Å². The summed E-state index contributed by atoms with van der Waals surface area (Å²) in [6.07, 6.45) is 0. The number of benzene rings is 1. The zero-order valence-corrected chi connectivity index (χ0v) is 7.77. The molecule has 0 heterocycles. The Bertz CT molecular complexity index is 281. The zero-order valence-electron chi connectivity index (χ0n) is 7.01. The van der Waals surface area contributed by atoms with Crippen molar-refractivity contribution >= 4 is 11.6 Å². The monoisotopic (exact) mass is 182 g/mol. The van der Waals surface area contributed by atoms with Crippen molar-refractivity contribution in [2.24, 2.45) is 0 Å². The summed E-state index contributed by atoms with van der Waals surface area (Å²) < 4.78 is 5.36. The van der Waals surface area contributed by atoms with Crippen LogP contribution in [0, 0.1) is 0 Å². The second-order valence-corrected chi connectivity index (χ2v) is 3.14. The Morgan fingerprint density at radius 3 is 2.92 bits per heavy atom. The third-order valence-electron chi connectivity index (χ3n) is 1.28. The van der Waals surface area contributed by atoms with Crippen molar-refractivity contribution < 1.29 is 4.74 Å². The van der Waals surface area contributed by atoms with E-state index in [0.717, 1.165) is 11.3 Å². The molecule has 0 amide bonds. The van der Waals surface area contributed by atoms with Gasteiger partial charge in [-0.2, -0.15) is 0 Å². The van der Waals surface area contributed by atoms with Gasteiger partial charge in [-0.1, -0.05) is 24.2 Å². The molecule has 0 bridgehead atoms. The highest BCUT2D eigenvalue weighted by molar-refractivity contribution is 6.30. The fourth-order valence-electron chi connectivity index (χ4n) is 0.763. The maximum absolute atomic E-state index is 5.76. The second-order valence-electron chi connectivity index (χ2n) is 2.70. The smallest absolute Gasteiger partial charge is 0.121 e. The lowest BCUT2D eigenvalue weighted by Gasteiger charge is -2.04. The SMILES string of the molecule is C=C(C)COc1cccc(Cl)c1. The molecule has 0 unspecified atom stereocenters. The summed E-state index contributed by atoms with van der Waals surface area (Å²) in [5.41, 5.74) is 0.995. The molecule has 0 aliphatic heterocycles. The van der Waals surface area contributed by atoms with Gasteiger partial charge >= 0.3 is 0 Å². The van der Waals surface area contributed by atoms with E-state index in [1.165, 1.54) is 0 Å². The average Bonchev–Trinajstić information content (AvgIpc) is 2.01. The van der Waals surface area contributed by atoms with Crippen molar-refractivity contribution in [3.8, 4) is 5.75 Å². The van der Waals surface area contributed by atoms with Crippen molar-refractivity contribution in [3.05, 3.63) is 41.4 Å². The van der Waals surface area contributed by atoms with E-state index < -0.39 is 0 Å². The minimum atomic E-state index is 0.542. The number of ether oxygens (including phenoxy) is 1. The second kappa shape index (κ2) is 4.17.